The first-order valence-corrected chi connectivity index (χ1v) is 12.4. The largest absolute Gasteiger partial charge is 0.356 e. The van der Waals surface area contributed by atoms with Crippen LogP contribution in [0.15, 0.2) is 18.2 Å². The Kier molecular flexibility index (Phi) is 5.94. The van der Waals surface area contributed by atoms with Crippen LogP contribution >= 0.6 is 11.6 Å². The van der Waals surface area contributed by atoms with E-state index in [0.717, 1.165) is 94.9 Å². The van der Waals surface area contributed by atoms with Gasteiger partial charge in [0.1, 0.15) is 11.0 Å². The molecule has 1 saturated heterocycles. The van der Waals surface area contributed by atoms with Crippen LogP contribution in [-0.4, -0.2) is 55.1 Å². The molecule has 164 valence electrons. The quantitative estimate of drug-likeness (QED) is 0.525. The molecule has 0 radical (unpaired) electrons. The van der Waals surface area contributed by atoms with Crippen molar-refractivity contribution in [3.05, 3.63) is 23.4 Å². The number of pyridine rings is 1. The average Bonchev–Trinajstić information content (AvgIpc) is 2.73. The van der Waals surface area contributed by atoms with E-state index in [1.54, 1.807) is 0 Å². The topological polar surface area (TPSA) is 48.5 Å². The van der Waals surface area contributed by atoms with Crippen molar-refractivity contribution in [2.24, 2.45) is 23.2 Å². The zero-order valence-electron chi connectivity index (χ0n) is 18.0. The number of hydrogen-bond donors (Lipinski definition) is 1. The van der Waals surface area contributed by atoms with E-state index in [-0.39, 0.29) is 5.41 Å². The first kappa shape index (κ1) is 20.6. The molecule has 1 aromatic rings. The van der Waals surface area contributed by atoms with E-state index in [4.69, 9.17) is 11.6 Å². The number of nitrogens with one attached hydrogen (secondary N) is 1. The molecule has 4 bridgehead atoms. The molecule has 5 fully saturated rings. The maximum Gasteiger partial charge on any atom is 0.226 e. The second-order valence-electron chi connectivity index (χ2n) is 10.3. The molecule has 1 aliphatic heterocycles. The molecule has 30 heavy (non-hydrogen) atoms. The van der Waals surface area contributed by atoms with Gasteiger partial charge in [-0.25, -0.2) is 4.98 Å². The minimum absolute atomic E-state index is 0.000547. The average molecular weight is 431 g/mol. The van der Waals surface area contributed by atoms with Crippen LogP contribution in [0.2, 0.25) is 5.15 Å². The Morgan fingerprint density at radius 3 is 2.33 bits per heavy atom. The number of anilines is 1. The molecule has 5 aliphatic rings. The Hall–Kier alpha value is -1.33. The summed E-state index contributed by atoms with van der Waals surface area (Å²) in [6.07, 6.45) is 9.90. The summed E-state index contributed by atoms with van der Waals surface area (Å²) in [5.41, 5.74) is -0.000547. The van der Waals surface area contributed by atoms with Gasteiger partial charge in [-0.2, -0.15) is 0 Å². The van der Waals surface area contributed by atoms with Gasteiger partial charge in [0.25, 0.3) is 0 Å². The lowest BCUT2D eigenvalue weighted by atomic mass is 9.49. The molecule has 4 aliphatic carbocycles. The van der Waals surface area contributed by atoms with Crippen molar-refractivity contribution in [2.45, 2.75) is 51.4 Å². The van der Waals surface area contributed by atoms with Gasteiger partial charge in [0.15, 0.2) is 0 Å². The summed E-state index contributed by atoms with van der Waals surface area (Å²) in [6.45, 7) is 6.07. The molecule has 0 atom stereocenters. The monoisotopic (exact) mass is 430 g/mol. The number of unbranched alkanes of at least 4 members (excludes halogenated alkanes) is 1. The Morgan fingerprint density at radius 1 is 1.03 bits per heavy atom. The summed E-state index contributed by atoms with van der Waals surface area (Å²) in [5.74, 6) is 3.87. The molecular weight excluding hydrogens is 396 g/mol. The lowest BCUT2D eigenvalue weighted by molar-refractivity contribution is -0.146. The van der Waals surface area contributed by atoms with Crippen molar-refractivity contribution in [3.8, 4) is 0 Å². The van der Waals surface area contributed by atoms with Gasteiger partial charge in [0.05, 0.1) is 0 Å². The smallest absolute Gasteiger partial charge is 0.226 e. The number of carbonyl (C=O) groups is 1. The Balaban J connectivity index is 0.997. The SMILES string of the molecule is O=C(NCCCCN1CCN(c2cccc(Cl)n2)CC1)C12CC3CC(CC(C3)C1)C2. The van der Waals surface area contributed by atoms with Crippen molar-refractivity contribution in [3.63, 3.8) is 0 Å². The first-order chi connectivity index (χ1) is 14.6. The Bertz CT molecular complexity index is 726. The van der Waals surface area contributed by atoms with Gasteiger partial charge in [-0.05, 0) is 87.8 Å². The molecule has 0 unspecified atom stereocenters. The van der Waals surface area contributed by atoms with Crippen LogP contribution in [0.5, 0.6) is 0 Å². The van der Waals surface area contributed by atoms with Gasteiger partial charge in [0, 0.05) is 38.1 Å². The molecule has 0 spiro atoms. The second-order valence-corrected chi connectivity index (χ2v) is 10.7. The highest BCUT2D eigenvalue weighted by Gasteiger charge is 2.54. The van der Waals surface area contributed by atoms with E-state index < -0.39 is 0 Å². The Morgan fingerprint density at radius 2 is 1.70 bits per heavy atom. The highest BCUT2D eigenvalue weighted by Crippen LogP contribution is 2.60. The van der Waals surface area contributed by atoms with E-state index in [9.17, 15) is 4.79 Å². The molecule has 1 N–H and O–H groups in total. The molecule has 1 aromatic heterocycles. The van der Waals surface area contributed by atoms with E-state index in [2.05, 4.69) is 20.1 Å². The second kappa shape index (κ2) is 8.66. The van der Waals surface area contributed by atoms with Crippen LogP contribution in [0.25, 0.3) is 0 Å². The normalized spacial score (nSPS) is 33.1. The molecule has 1 amide bonds. The molecule has 4 saturated carbocycles. The zero-order chi connectivity index (χ0) is 20.6. The number of piperazine rings is 1. The van der Waals surface area contributed by atoms with Gasteiger partial charge >= 0.3 is 0 Å². The van der Waals surface area contributed by atoms with E-state index >= 15 is 0 Å². The van der Waals surface area contributed by atoms with Crippen molar-refractivity contribution in [2.75, 3.05) is 44.2 Å². The number of aromatic nitrogens is 1. The van der Waals surface area contributed by atoms with Gasteiger partial charge in [0.2, 0.25) is 5.91 Å². The summed E-state index contributed by atoms with van der Waals surface area (Å²) in [4.78, 5) is 22.3. The van der Waals surface area contributed by atoms with Gasteiger partial charge in [-0.3, -0.25) is 9.69 Å². The maximum atomic E-state index is 13.0. The van der Waals surface area contributed by atoms with Gasteiger partial charge in [-0.1, -0.05) is 17.7 Å². The predicted molar refractivity (Wildman–Crippen MR) is 121 cm³/mol. The summed E-state index contributed by atoms with van der Waals surface area (Å²) >= 11 is 6.02. The summed E-state index contributed by atoms with van der Waals surface area (Å²) < 4.78 is 0. The van der Waals surface area contributed by atoms with Crippen LogP contribution < -0.4 is 10.2 Å². The van der Waals surface area contributed by atoms with Crippen molar-refractivity contribution in [1.82, 2.24) is 15.2 Å². The van der Waals surface area contributed by atoms with Crippen LogP contribution in [-0.2, 0) is 4.79 Å². The summed E-state index contributed by atoms with van der Waals surface area (Å²) in [6, 6.07) is 5.83. The molecular formula is C24H35ClN4O. The standard InChI is InChI=1S/C24H35ClN4O/c25-21-4-3-5-22(27-21)29-10-8-28(9-11-29)7-2-1-6-26-23(30)24-15-18-12-19(16-24)14-20(13-18)17-24/h3-5,18-20H,1-2,6-17H2,(H,26,30). The predicted octanol–water partition coefficient (Wildman–Crippen LogP) is 3.97. The number of amides is 1. The Labute approximate surface area is 185 Å². The maximum absolute atomic E-state index is 13.0. The van der Waals surface area contributed by atoms with Crippen LogP contribution in [0.3, 0.4) is 0 Å². The first-order valence-electron chi connectivity index (χ1n) is 12.0. The molecule has 2 heterocycles. The third-order valence-corrected chi connectivity index (χ3v) is 8.31. The highest BCUT2D eigenvalue weighted by molar-refractivity contribution is 6.29. The van der Waals surface area contributed by atoms with Crippen LogP contribution in [0.1, 0.15) is 51.4 Å². The number of carbonyl (C=O) groups excluding carboxylic acids is 1. The zero-order valence-corrected chi connectivity index (χ0v) is 18.7. The van der Waals surface area contributed by atoms with Crippen LogP contribution in [0, 0.1) is 23.2 Å². The van der Waals surface area contributed by atoms with E-state index in [0.29, 0.717) is 11.1 Å². The number of nitrogens with zero attached hydrogens (tertiary/aromatic N) is 3. The lowest BCUT2D eigenvalue weighted by Crippen LogP contribution is -2.53. The van der Waals surface area contributed by atoms with Gasteiger partial charge < -0.3 is 10.2 Å². The third-order valence-electron chi connectivity index (χ3n) is 8.10. The molecule has 6 rings (SSSR count). The fourth-order valence-electron chi connectivity index (χ4n) is 7.01. The minimum Gasteiger partial charge on any atom is -0.356 e. The van der Waals surface area contributed by atoms with Crippen molar-refractivity contribution >= 4 is 23.3 Å². The fourth-order valence-corrected chi connectivity index (χ4v) is 7.17. The molecule has 5 nitrogen and oxygen atoms in total. The van der Waals surface area contributed by atoms with Crippen molar-refractivity contribution < 1.29 is 4.79 Å². The number of halogens is 1. The van der Waals surface area contributed by atoms with E-state index in [1.807, 2.05) is 18.2 Å². The number of rotatable bonds is 7. The van der Waals surface area contributed by atoms with E-state index in [1.165, 1.54) is 19.3 Å². The number of hydrogen-bond acceptors (Lipinski definition) is 4. The highest BCUT2D eigenvalue weighted by atomic mass is 35.5. The lowest BCUT2D eigenvalue weighted by Gasteiger charge is -2.55. The molecule has 6 heteroatoms. The van der Waals surface area contributed by atoms with Crippen LogP contribution in [0.4, 0.5) is 5.82 Å². The van der Waals surface area contributed by atoms with Crippen molar-refractivity contribution in [1.29, 1.82) is 0 Å². The summed E-state index contributed by atoms with van der Waals surface area (Å²) in [5, 5.41) is 3.89. The van der Waals surface area contributed by atoms with Gasteiger partial charge in [-0.15, -0.1) is 0 Å². The third kappa shape index (κ3) is 4.34. The summed E-state index contributed by atoms with van der Waals surface area (Å²) in [7, 11) is 0. The molecule has 0 aromatic carbocycles. The fraction of sp³-hybridized carbons (Fsp3) is 0.750. The minimum atomic E-state index is -0.000547.